The van der Waals surface area contributed by atoms with Gasteiger partial charge in [0.25, 0.3) is 0 Å². The average molecular weight is 325 g/mol. The van der Waals surface area contributed by atoms with Crippen molar-refractivity contribution in [2.75, 3.05) is 49.6 Å². The second kappa shape index (κ2) is 7.77. The van der Waals surface area contributed by atoms with Gasteiger partial charge in [0.05, 0.1) is 0 Å². The molecule has 0 atom stereocenters. The Labute approximate surface area is 142 Å². The zero-order chi connectivity index (χ0) is 16.8. The van der Waals surface area contributed by atoms with E-state index in [2.05, 4.69) is 31.9 Å². The number of nitrogens with zero attached hydrogens (tertiary/aromatic N) is 5. The molecule has 1 fully saturated rings. The Balaban J connectivity index is 1.45. The third kappa shape index (κ3) is 4.01. The van der Waals surface area contributed by atoms with Crippen LogP contribution in [0.4, 0.5) is 11.6 Å². The Morgan fingerprint density at radius 1 is 1.04 bits per heavy atom. The van der Waals surface area contributed by atoms with Gasteiger partial charge in [-0.05, 0) is 18.2 Å². The molecular formula is C18H23N5O. The molecule has 0 saturated carbocycles. The van der Waals surface area contributed by atoms with Gasteiger partial charge in [-0.2, -0.15) is 0 Å². The van der Waals surface area contributed by atoms with Crippen molar-refractivity contribution in [1.29, 1.82) is 0 Å². The number of anilines is 2. The van der Waals surface area contributed by atoms with E-state index in [9.17, 15) is 4.79 Å². The van der Waals surface area contributed by atoms with Crippen LogP contribution in [0, 0.1) is 0 Å². The number of amides is 1. The van der Waals surface area contributed by atoms with Crippen LogP contribution in [0.15, 0.2) is 48.8 Å². The summed E-state index contributed by atoms with van der Waals surface area (Å²) in [6.45, 7) is 3.75. The normalized spacial score (nSPS) is 14.5. The van der Waals surface area contributed by atoms with Crippen LogP contribution in [0.5, 0.6) is 0 Å². The number of hydrogen-bond donors (Lipinski definition) is 0. The van der Waals surface area contributed by atoms with E-state index in [1.807, 2.05) is 36.2 Å². The fourth-order valence-corrected chi connectivity index (χ4v) is 2.84. The first-order valence-corrected chi connectivity index (χ1v) is 8.30. The molecule has 6 heteroatoms. The molecule has 1 aliphatic rings. The van der Waals surface area contributed by atoms with Gasteiger partial charge in [-0.1, -0.05) is 18.2 Å². The largest absolute Gasteiger partial charge is 0.374 e. The number of piperazine rings is 1. The second-order valence-corrected chi connectivity index (χ2v) is 5.92. The molecule has 1 aliphatic heterocycles. The highest BCUT2D eigenvalue weighted by molar-refractivity contribution is 5.77. The molecule has 0 unspecified atom stereocenters. The second-order valence-electron chi connectivity index (χ2n) is 5.92. The lowest BCUT2D eigenvalue weighted by atomic mass is 10.2. The topological polar surface area (TPSA) is 52.6 Å². The third-order valence-electron chi connectivity index (χ3n) is 4.33. The van der Waals surface area contributed by atoms with Crippen LogP contribution in [0.25, 0.3) is 0 Å². The van der Waals surface area contributed by atoms with Gasteiger partial charge < -0.3 is 14.7 Å². The Kier molecular flexibility index (Phi) is 5.25. The van der Waals surface area contributed by atoms with Crippen molar-refractivity contribution in [2.45, 2.75) is 6.42 Å². The first kappa shape index (κ1) is 16.2. The third-order valence-corrected chi connectivity index (χ3v) is 4.33. The standard InChI is InChI=1S/C18H23N5O/c1-21(16-6-3-2-4-7-16)11-8-17(24)22-12-14-23(15-13-22)18-19-9-5-10-20-18/h2-7,9-10H,8,11-15H2,1H3. The fourth-order valence-electron chi connectivity index (χ4n) is 2.84. The van der Waals surface area contributed by atoms with E-state index in [0.717, 1.165) is 44.4 Å². The molecule has 0 aliphatic carbocycles. The van der Waals surface area contributed by atoms with Crippen LogP contribution in [-0.4, -0.2) is 60.5 Å². The molecule has 3 rings (SSSR count). The summed E-state index contributed by atoms with van der Waals surface area (Å²) in [6, 6.07) is 12.0. The van der Waals surface area contributed by atoms with E-state index in [-0.39, 0.29) is 5.91 Å². The first-order chi connectivity index (χ1) is 11.7. The van der Waals surface area contributed by atoms with Gasteiger partial charge in [0, 0.05) is 64.3 Å². The molecule has 24 heavy (non-hydrogen) atoms. The maximum absolute atomic E-state index is 12.4. The van der Waals surface area contributed by atoms with E-state index < -0.39 is 0 Å². The zero-order valence-electron chi connectivity index (χ0n) is 14.0. The molecular weight excluding hydrogens is 302 g/mol. The lowest BCUT2D eigenvalue weighted by molar-refractivity contribution is -0.131. The Morgan fingerprint density at radius 2 is 1.71 bits per heavy atom. The van der Waals surface area contributed by atoms with Crippen molar-refractivity contribution < 1.29 is 4.79 Å². The summed E-state index contributed by atoms with van der Waals surface area (Å²) >= 11 is 0. The van der Waals surface area contributed by atoms with Crippen LogP contribution >= 0.6 is 0 Å². The van der Waals surface area contributed by atoms with Crippen molar-refractivity contribution in [3.8, 4) is 0 Å². The number of carbonyl (C=O) groups is 1. The highest BCUT2D eigenvalue weighted by Crippen LogP contribution is 2.13. The van der Waals surface area contributed by atoms with Crippen LogP contribution in [0.2, 0.25) is 0 Å². The quantitative estimate of drug-likeness (QED) is 0.837. The molecule has 126 valence electrons. The molecule has 6 nitrogen and oxygen atoms in total. The predicted molar refractivity (Wildman–Crippen MR) is 95.2 cm³/mol. The highest BCUT2D eigenvalue weighted by atomic mass is 16.2. The number of hydrogen-bond acceptors (Lipinski definition) is 5. The van der Waals surface area contributed by atoms with E-state index in [1.54, 1.807) is 12.4 Å². The molecule has 0 radical (unpaired) electrons. The van der Waals surface area contributed by atoms with Crippen LogP contribution < -0.4 is 9.80 Å². The summed E-state index contributed by atoms with van der Waals surface area (Å²) in [5.41, 5.74) is 1.14. The van der Waals surface area contributed by atoms with E-state index in [4.69, 9.17) is 0 Å². The summed E-state index contributed by atoms with van der Waals surface area (Å²) in [7, 11) is 2.02. The number of carbonyl (C=O) groups excluding carboxylic acids is 1. The van der Waals surface area contributed by atoms with Gasteiger partial charge in [0.15, 0.2) is 0 Å². The van der Waals surface area contributed by atoms with E-state index in [1.165, 1.54) is 0 Å². The van der Waals surface area contributed by atoms with E-state index in [0.29, 0.717) is 6.42 Å². The van der Waals surface area contributed by atoms with Crippen LogP contribution in [0.3, 0.4) is 0 Å². The smallest absolute Gasteiger partial charge is 0.225 e. The maximum atomic E-state index is 12.4. The van der Waals surface area contributed by atoms with Crippen LogP contribution in [0.1, 0.15) is 6.42 Å². The highest BCUT2D eigenvalue weighted by Gasteiger charge is 2.22. The molecule has 2 aromatic rings. The molecule has 0 bridgehead atoms. The minimum atomic E-state index is 0.214. The summed E-state index contributed by atoms with van der Waals surface area (Å²) in [4.78, 5) is 27.2. The summed E-state index contributed by atoms with van der Waals surface area (Å²) in [5, 5.41) is 0. The minimum absolute atomic E-state index is 0.214. The lowest BCUT2D eigenvalue weighted by Crippen LogP contribution is -2.49. The Bertz CT molecular complexity index is 641. The summed E-state index contributed by atoms with van der Waals surface area (Å²) in [5.74, 6) is 0.958. The van der Waals surface area contributed by atoms with Crippen molar-refractivity contribution >= 4 is 17.5 Å². The van der Waals surface area contributed by atoms with Crippen LogP contribution in [-0.2, 0) is 4.79 Å². The molecule has 1 aromatic heterocycles. The maximum Gasteiger partial charge on any atom is 0.225 e. The van der Waals surface area contributed by atoms with E-state index >= 15 is 0 Å². The molecule has 0 spiro atoms. The first-order valence-electron chi connectivity index (χ1n) is 8.30. The van der Waals surface area contributed by atoms with Gasteiger partial charge in [-0.25, -0.2) is 9.97 Å². The monoisotopic (exact) mass is 325 g/mol. The molecule has 0 N–H and O–H groups in total. The predicted octanol–water partition coefficient (Wildman–Crippen LogP) is 1.65. The van der Waals surface area contributed by atoms with Gasteiger partial charge in [0.2, 0.25) is 11.9 Å². The van der Waals surface area contributed by atoms with Crippen molar-refractivity contribution in [3.63, 3.8) is 0 Å². The number of rotatable bonds is 5. The number of aromatic nitrogens is 2. The molecule has 1 saturated heterocycles. The number of benzene rings is 1. The minimum Gasteiger partial charge on any atom is -0.374 e. The molecule has 2 heterocycles. The van der Waals surface area contributed by atoms with Gasteiger partial charge in [0.1, 0.15) is 0 Å². The Hall–Kier alpha value is -2.63. The van der Waals surface area contributed by atoms with Gasteiger partial charge in [-0.3, -0.25) is 4.79 Å². The van der Waals surface area contributed by atoms with Gasteiger partial charge >= 0.3 is 0 Å². The SMILES string of the molecule is CN(CCC(=O)N1CCN(c2ncccn2)CC1)c1ccccc1. The van der Waals surface area contributed by atoms with Crippen molar-refractivity contribution in [1.82, 2.24) is 14.9 Å². The zero-order valence-corrected chi connectivity index (χ0v) is 14.0. The Morgan fingerprint density at radius 3 is 2.38 bits per heavy atom. The summed E-state index contributed by atoms with van der Waals surface area (Å²) < 4.78 is 0. The number of para-hydroxylation sites is 1. The molecule has 1 aromatic carbocycles. The average Bonchev–Trinajstić information content (AvgIpc) is 2.67. The van der Waals surface area contributed by atoms with Crippen molar-refractivity contribution in [2.24, 2.45) is 0 Å². The van der Waals surface area contributed by atoms with Gasteiger partial charge in [-0.15, -0.1) is 0 Å². The van der Waals surface area contributed by atoms with Crippen molar-refractivity contribution in [3.05, 3.63) is 48.8 Å². The fraction of sp³-hybridized carbons (Fsp3) is 0.389. The molecule has 1 amide bonds. The lowest BCUT2D eigenvalue weighted by Gasteiger charge is -2.35. The summed E-state index contributed by atoms with van der Waals surface area (Å²) in [6.07, 6.45) is 4.03.